The number of hydrogen-bond donors (Lipinski definition) is 2. The predicted octanol–water partition coefficient (Wildman–Crippen LogP) is 4.82. The fourth-order valence-corrected chi connectivity index (χ4v) is 6.96. The van der Waals surface area contributed by atoms with E-state index in [9.17, 15) is 14.3 Å². The molecule has 0 radical (unpaired) electrons. The summed E-state index contributed by atoms with van der Waals surface area (Å²) in [5.74, 6) is 0.684. The molecule has 10 nitrogen and oxygen atoms in total. The number of fused-ring (bicyclic) bond motifs is 2. The number of benzene rings is 2. The fourth-order valence-electron chi connectivity index (χ4n) is 6.96. The summed E-state index contributed by atoms with van der Waals surface area (Å²) in [5, 5.41) is 16.7. The zero-order valence-electron chi connectivity index (χ0n) is 25.0. The second-order valence-corrected chi connectivity index (χ2v) is 12.6. The SMILES string of the molecule is CC(c1oc(=O)c2ccccc2c1C1=CCN(C2CN(CC3CC3)C2)CC1)n1nc(-c2cc(O)cc(F)c2)c2c(N)ncnc21. The van der Waals surface area contributed by atoms with Crippen LogP contribution in [0.15, 0.2) is 64.1 Å². The van der Waals surface area contributed by atoms with E-state index in [0.29, 0.717) is 39.5 Å². The van der Waals surface area contributed by atoms with Crippen molar-refractivity contribution < 1.29 is 13.9 Å². The van der Waals surface area contributed by atoms with Crippen LogP contribution in [0.2, 0.25) is 0 Å². The Hall–Kier alpha value is -4.61. The topological polar surface area (TPSA) is 127 Å². The molecule has 3 aromatic heterocycles. The first-order valence-electron chi connectivity index (χ1n) is 15.5. The Labute approximate surface area is 258 Å². The molecule has 230 valence electrons. The van der Waals surface area contributed by atoms with Gasteiger partial charge in [0.25, 0.3) is 0 Å². The number of aromatic nitrogens is 4. The van der Waals surface area contributed by atoms with Gasteiger partial charge in [-0.1, -0.05) is 24.3 Å². The molecule has 1 unspecified atom stereocenters. The number of aromatic hydroxyl groups is 1. The first-order chi connectivity index (χ1) is 21.8. The molecule has 0 spiro atoms. The van der Waals surface area contributed by atoms with E-state index in [2.05, 4.69) is 25.8 Å². The van der Waals surface area contributed by atoms with Gasteiger partial charge in [-0.05, 0) is 61.3 Å². The zero-order chi connectivity index (χ0) is 30.8. The molecule has 2 aromatic carbocycles. The number of halogens is 1. The summed E-state index contributed by atoms with van der Waals surface area (Å²) in [4.78, 5) is 27.1. The minimum Gasteiger partial charge on any atom is -0.508 e. The molecular weight excluding hydrogens is 573 g/mol. The highest BCUT2D eigenvalue weighted by molar-refractivity contribution is 5.99. The molecule has 11 heteroatoms. The predicted molar refractivity (Wildman–Crippen MR) is 170 cm³/mol. The Bertz CT molecular complexity index is 2020. The van der Waals surface area contributed by atoms with Crippen LogP contribution in [0.1, 0.15) is 43.6 Å². The normalized spacial score (nSPS) is 18.8. The molecule has 3 N–H and O–H groups in total. The maximum Gasteiger partial charge on any atom is 0.343 e. The van der Waals surface area contributed by atoms with Gasteiger partial charge in [-0.25, -0.2) is 23.8 Å². The van der Waals surface area contributed by atoms with Crippen molar-refractivity contribution in [2.45, 2.75) is 38.3 Å². The number of nitrogens with two attached hydrogens (primary N) is 1. The molecule has 1 saturated carbocycles. The lowest BCUT2D eigenvalue weighted by molar-refractivity contribution is 0.0371. The Morgan fingerprint density at radius 3 is 2.67 bits per heavy atom. The van der Waals surface area contributed by atoms with Crippen LogP contribution in [0.4, 0.5) is 10.2 Å². The molecule has 45 heavy (non-hydrogen) atoms. The monoisotopic (exact) mass is 607 g/mol. The molecule has 1 atom stereocenters. The Morgan fingerprint density at radius 2 is 1.93 bits per heavy atom. The number of phenolic OH excluding ortho intramolecular Hbond substituents is 1. The van der Waals surface area contributed by atoms with E-state index >= 15 is 0 Å². The highest BCUT2D eigenvalue weighted by atomic mass is 19.1. The number of anilines is 1. The number of phenols is 1. The first kappa shape index (κ1) is 27.9. The third kappa shape index (κ3) is 4.96. The van der Waals surface area contributed by atoms with E-state index in [1.165, 1.54) is 37.8 Å². The lowest BCUT2D eigenvalue weighted by atomic mass is 9.91. The third-order valence-corrected chi connectivity index (χ3v) is 9.52. The summed E-state index contributed by atoms with van der Waals surface area (Å²) in [5.41, 5.74) is 8.94. The highest BCUT2D eigenvalue weighted by Crippen LogP contribution is 2.39. The van der Waals surface area contributed by atoms with Gasteiger partial charge in [-0.2, -0.15) is 5.10 Å². The van der Waals surface area contributed by atoms with Gasteiger partial charge in [0.15, 0.2) is 5.65 Å². The van der Waals surface area contributed by atoms with Crippen molar-refractivity contribution in [1.82, 2.24) is 29.5 Å². The van der Waals surface area contributed by atoms with Crippen LogP contribution in [0, 0.1) is 11.7 Å². The van der Waals surface area contributed by atoms with Crippen LogP contribution in [0.25, 0.3) is 38.6 Å². The molecule has 1 aliphatic carbocycles. The lowest BCUT2D eigenvalue weighted by Gasteiger charge is -2.46. The largest absolute Gasteiger partial charge is 0.508 e. The summed E-state index contributed by atoms with van der Waals surface area (Å²) < 4.78 is 22.1. The number of hydrogen-bond acceptors (Lipinski definition) is 9. The molecule has 2 fully saturated rings. The number of likely N-dealkylation sites (tertiary alicyclic amines) is 1. The molecule has 5 aromatic rings. The first-order valence-corrected chi connectivity index (χ1v) is 15.5. The van der Waals surface area contributed by atoms with Gasteiger partial charge < -0.3 is 15.3 Å². The van der Waals surface area contributed by atoms with Crippen molar-refractivity contribution in [3.63, 3.8) is 0 Å². The van der Waals surface area contributed by atoms with E-state index in [0.717, 1.165) is 61.1 Å². The minimum absolute atomic E-state index is 0.166. The fraction of sp³-hybridized carbons (Fsp3) is 0.353. The van der Waals surface area contributed by atoms with Gasteiger partial charge in [-0.15, -0.1) is 0 Å². The molecule has 2 aliphatic heterocycles. The molecule has 0 amide bonds. The second-order valence-electron chi connectivity index (χ2n) is 12.6. The van der Waals surface area contributed by atoms with Gasteiger partial charge in [0.1, 0.15) is 41.2 Å². The molecule has 3 aliphatic rings. The summed E-state index contributed by atoms with van der Waals surface area (Å²) in [6.45, 7) is 7.16. The zero-order valence-corrected chi connectivity index (χ0v) is 25.0. The van der Waals surface area contributed by atoms with Crippen LogP contribution in [0.3, 0.4) is 0 Å². The van der Waals surface area contributed by atoms with E-state index in [1.54, 1.807) is 10.7 Å². The van der Waals surface area contributed by atoms with Gasteiger partial charge in [0.05, 0.1) is 10.8 Å². The van der Waals surface area contributed by atoms with Crippen molar-refractivity contribution in [3.8, 4) is 17.0 Å². The maximum absolute atomic E-state index is 14.4. The minimum atomic E-state index is -0.616. The van der Waals surface area contributed by atoms with Crippen molar-refractivity contribution >= 4 is 33.2 Å². The summed E-state index contributed by atoms with van der Waals surface area (Å²) >= 11 is 0. The van der Waals surface area contributed by atoms with E-state index in [-0.39, 0.29) is 11.6 Å². The highest BCUT2D eigenvalue weighted by Gasteiger charge is 2.36. The van der Waals surface area contributed by atoms with Gasteiger partial charge in [-0.3, -0.25) is 9.80 Å². The van der Waals surface area contributed by atoms with E-state index in [1.807, 2.05) is 25.1 Å². The number of rotatable bonds is 7. The van der Waals surface area contributed by atoms with Crippen LogP contribution >= 0.6 is 0 Å². The molecule has 8 rings (SSSR count). The van der Waals surface area contributed by atoms with Gasteiger partial charge >= 0.3 is 5.63 Å². The quantitative estimate of drug-likeness (QED) is 0.268. The molecule has 5 heterocycles. The molecule has 0 bridgehead atoms. The van der Waals surface area contributed by atoms with Crippen molar-refractivity contribution in [1.29, 1.82) is 0 Å². The summed E-state index contributed by atoms with van der Waals surface area (Å²) in [7, 11) is 0. The van der Waals surface area contributed by atoms with Crippen LogP contribution in [-0.2, 0) is 0 Å². The number of nitrogens with zero attached hydrogens (tertiary/aromatic N) is 6. The smallest absolute Gasteiger partial charge is 0.343 e. The van der Waals surface area contributed by atoms with E-state index in [4.69, 9.17) is 15.2 Å². The Kier molecular flexibility index (Phi) is 6.68. The van der Waals surface area contributed by atoms with Crippen molar-refractivity contribution in [3.05, 3.63) is 82.4 Å². The molecule has 1 saturated heterocycles. The van der Waals surface area contributed by atoms with Gasteiger partial charge in [0, 0.05) is 56.0 Å². The van der Waals surface area contributed by atoms with Crippen LogP contribution in [0.5, 0.6) is 5.75 Å². The van der Waals surface area contributed by atoms with Crippen LogP contribution < -0.4 is 11.4 Å². The second kappa shape index (κ2) is 10.8. The Morgan fingerprint density at radius 1 is 1.13 bits per heavy atom. The average Bonchev–Trinajstić information content (AvgIpc) is 3.75. The summed E-state index contributed by atoms with van der Waals surface area (Å²) in [6.07, 6.45) is 7.19. The lowest BCUT2D eigenvalue weighted by Crippen LogP contribution is -2.60. The summed E-state index contributed by atoms with van der Waals surface area (Å²) in [6, 6.07) is 11.2. The van der Waals surface area contributed by atoms with Crippen molar-refractivity contribution in [2.75, 3.05) is 38.5 Å². The molecular formula is C34H34FN7O3. The Balaban J connectivity index is 1.21. The third-order valence-electron chi connectivity index (χ3n) is 9.52. The number of nitrogen functional groups attached to an aromatic ring is 1. The van der Waals surface area contributed by atoms with Gasteiger partial charge in [0.2, 0.25) is 0 Å². The van der Waals surface area contributed by atoms with Crippen LogP contribution in [-0.4, -0.2) is 73.4 Å². The van der Waals surface area contributed by atoms with E-state index < -0.39 is 17.5 Å². The maximum atomic E-state index is 14.4. The average molecular weight is 608 g/mol. The van der Waals surface area contributed by atoms with Crippen molar-refractivity contribution in [2.24, 2.45) is 5.92 Å². The standard InChI is InChI=1S/C34H34FN7O3/c1-19(42-33-29(32(36)37-18-38-33)30(39-42)22-12-23(35)14-25(43)13-22)31-28(26-4-2-3-5-27(26)34(44)45-31)21-8-10-41(11-9-21)24-16-40(17-24)15-20-6-7-20/h2-5,8,12-14,18-20,24,43H,6-7,9-11,15-17H2,1H3,(H2,36,37,38).